The average Bonchev–Trinajstić information content (AvgIpc) is 3.16. The minimum absolute atomic E-state index is 0.108. The van der Waals surface area contributed by atoms with E-state index in [0.717, 1.165) is 37.9 Å². The maximum absolute atomic E-state index is 5.29. The number of rotatable bonds is 6. The highest BCUT2D eigenvalue weighted by Crippen LogP contribution is 2.23. The van der Waals surface area contributed by atoms with Gasteiger partial charge in [-0.2, -0.15) is 4.98 Å². The Morgan fingerprint density at radius 2 is 2.00 bits per heavy atom. The number of hydrogen-bond donors (Lipinski definition) is 1. The summed E-state index contributed by atoms with van der Waals surface area (Å²) in [6.07, 6.45) is 5.81. The molecule has 1 atom stereocenters. The van der Waals surface area contributed by atoms with E-state index in [4.69, 9.17) is 9.26 Å². The van der Waals surface area contributed by atoms with E-state index in [2.05, 4.69) is 20.4 Å². The Kier molecular flexibility index (Phi) is 4.21. The number of hydrogen-bond acceptors (Lipinski definition) is 6. The lowest BCUT2D eigenvalue weighted by atomic mass is 10.1. The zero-order chi connectivity index (χ0) is 13.9. The van der Waals surface area contributed by atoms with Gasteiger partial charge >= 0.3 is 0 Å². The quantitative estimate of drug-likeness (QED) is 0.849. The molecule has 1 aromatic rings. The predicted molar refractivity (Wildman–Crippen MR) is 75.9 cm³/mol. The van der Waals surface area contributed by atoms with E-state index in [1.165, 1.54) is 12.8 Å². The molecule has 1 saturated heterocycles. The highest BCUT2D eigenvalue weighted by Gasteiger charge is 2.28. The predicted octanol–water partition coefficient (Wildman–Crippen LogP) is 1.37. The van der Waals surface area contributed by atoms with Crippen molar-refractivity contribution in [2.45, 2.75) is 57.2 Å². The molecule has 2 fully saturated rings. The van der Waals surface area contributed by atoms with Crippen molar-refractivity contribution in [3.63, 3.8) is 0 Å². The van der Waals surface area contributed by atoms with Crippen LogP contribution < -0.4 is 10.2 Å². The Labute approximate surface area is 119 Å². The summed E-state index contributed by atoms with van der Waals surface area (Å²) in [6, 6.07) is 1.46. The van der Waals surface area contributed by atoms with Crippen molar-refractivity contribution in [1.29, 1.82) is 0 Å². The van der Waals surface area contributed by atoms with Crippen LogP contribution in [0.4, 0.5) is 5.95 Å². The van der Waals surface area contributed by atoms with Crippen molar-refractivity contribution in [3.05, 3.63) is 5.89 Å². The minimum Gasteiger partial charge on any atom is -0.381 e. The Morgan fingerprint density at radius 1 is 1.30 bits per heavy atom. The first-order valence-electron chi connectivity index (χ1n) is 7.61. The van der Waals surface area contributed by atoms with Crippen LogP contribution in [0.25, 0.3) is 0 Å². The first-order valence-corrected chi connectivity index (χ1v) is 7.61. The molecule has 1 unspecified atom stereocenters. The topological polar surface area (TPSA) is 63.4 Å². The third-order valence-corrected chi connectivity index (χ3v) is 4.15. The van der Waals surface area contributed by atoms with Gasteiger partial charge in [-0.3, -0.25) is 0 Å². The van der Waals surface area contributed by atoms with Gasteiger partial charge in [0.25, 0.3) is 5.95 Å². The van der Waals surface area contributed by atoms with Crippen molar-refractivity contribution in [3.8, 4) is 0 Å². The Balaban J connectivity index is 1.49. The average molecular weight is 280 g/mol. The Bertz CT molecular complexity index is 425. The highest BCUT2D eigenvalue weighted by molar-refractivity contribution is 5.28. The van der Waals surface area contributed by atoms with E-state index in [-0.39, 0.29) is 6.10 Å². The van der Waals surface area contributed by atoms with E-state index >= 15 is 0 Å². The summed E-state index contributed by atoms with van der Waals surface area (Å²) in [4.78, 5) is 6.69. The smallest absolute Gasteiger partial charge is 0.266 e. The molecule has 6 nitrogen and oxygen atoms in total. The molecule has 20 heavy (non-hydrogen) atoms. The lowest BCUT2D eigenvalue weighted by molar-refractivity contribution is 0.111. The second-order valence-electron chi connectivity index (χ2n) is 5.94. The van der Waals surface area contributed by atoms with Crippen LogP contribution in [0.2, 0.25) is 0 Å². The molecule has 0 spiro atoms. The van der Waals surface area contributed by atoms with Gasteiger partial charge in [-0.25, -0.2) is 0 Å². The second-order valence-corrected chi connectivity index (χ2v) is 5.94. The fourth-order valence-corrected chi connectivity index (χ4v) is 2.62. The summed E-state index contributed by atoms with van der Waals surface area (Å²) in [7, 11) is 1.69. The van der Waals surface area contributed by atoms with Gasteiger partial charge in [-0.05, 0) is 37.8 Å². The van der Waals surface area contributed by atoms with Crippen LogP contribution in [0.15, 0.2) is 4.52 Å². The van der Waals surface area contributed by atoms with Crippen LogP contribution in [-0.2, 0) is 11.2 Å². The number of anilines is 1. The highest BCUT2D eigenvalue weighted by atomic mass is 16.5. The Morgan fingerprint density at radius 3 is 2.65 bits per heavy atom. The number of nitrogens with one attached hydrogen (secondary N) is 1. The molecule has 112 valence electrons. The standard InChI is InChI=1S/C14H24N4O2/c1-10(19-2)9-13-16-14(17-20-13)18-7-5-12(6-8-18)15-11-3-4-11/h10-12,15H,3-9H2,1-2H3. The summed E-state index contributed by atoms with van der Waals surface area (Å²) in [5, 5.41) is 7.79. The lowest BCUT2D eigenvalue weighted by Crippen LogP contribution is -2.43. The van der Waals surface area contributed by atoms with Gasteiger partial charge in [0, 0.05) is 32.3 Å². The van der Waals surface area contributed by atoms with Gasteiger partial charge in [-0.1, -0.05) is 0 Å². The number of nitrogens with zero attached hydrogens (tertiary/aromatic N) is 3. The van der Waals surface area contributed by atoms with Crippen LogP contribution >= 0.6 is 0 Å². The fraction of sp³-hybridized carbons (Fsp3) is 0.857. The zero-order valence-electron chi connectivity index (χ0n) is 12.3. The van der Waals surface area contributed by atoms with Crippen LogP contribution in [0.5, 0.6) is 0 Å². The fourth-order valence-electron chi connectivity index (χ4n) is 2.62. The molecule has 0 bridgehead atoms. The van der Waals surface area contributed by atoms with Crippen LogP contribution in [-0.4, -0.2) is 48.5 Å². The third-order valence-electron chi connectivity index (χ3n) is 4.15. The summed E-state index contributed by atoms with van der Waals surface area (Å²) in [5.41, 5.74) is 0. The molecule has 1 aliphatic carbocycles. The van der Waals surface area contributed by atoms with Crippen molar-refractivity contribution in [1.82, 2.24) is 15.5 Å². The molecular weight excluding hydrogens is 256 g/mol. The molecule has 1 saturated carbocycles. The maximum atomic E-state index is 5.29. The molecular formula is C14H24N4O2. The molecule has 1 N–H and O–H groups in total. The molecule has 3 rings (SSSR count). The first-order chi connectivity index (χ1) is 9.74. The maximum Gasteiger partial charge on any atom is 0.266 e. The zero-order valence-corrected chi connectivity index (χ0v) is 12.3. The number of aromatic nitrogens is 2. The van der Waals surface area contributed by atoms with E-state index in [9.17, 15) is 0 Å². The molecule has 0 amide bonds. The number of methoxy groups -OCH3 is 1. The van der Waals surface area contributed by atoms with Crippen LogP contribution in [0, 0.1) is 0 Å². The summed E-state index contributed by atoms with van der Waals surface area (Å²) in [5.74, 6) is 1.39. The SMILES string of the molecule is COC(C)Cc1nc(N2CCC(NC3CC3)CC2)no1. The van der Waals surface area contributed by atoms with Gasteiger partial charge in [0.05, 0.1) is 12.5 Å². The molecule has 2 aliphatic rings. The van der Waals surface area contributed by atoms with Crippen molar-refractivity contribution in [2.75, 3.05) is 25.1 Å². The lowest BCUT2D eigenvalue weighted by Gasteiger charge is -2.31. The number of piperidine rings is 1. The van der Waals surface area contributed by atoms with Crippen molar-refractivity contribution >= 4 is 5.95 Å². The normalized spacial score (nSPS) is 22.2. The van der Waals surface area contributed by atoms with E-state index in [1.54, 1.807) is 7.11 Å². The summed E-state index contributed by atoms with van der Waals surface area (Å²) >= 11 is 0. The molecule has 1 aromatic heterocycles. The molecule has 6 heteroatoms. The van der Waals surface area contributed by atoms with Crippen molar-refractivity contribution in [2.24, 2.45) is 0 Å². The monoisotopic (exact) mass is 280 g/mol. The largest absolute Gasteiger partial charge is 0.381 e. The van der Waals surface area contributed by atoms with Gasteiger partial charge in [0.15, 0.2) is 0 Å². The summed E-state index contributed by atoms with van der Waals surface area (Å²) < 4.78 is 10.5. The second kappa shape index (κ2) is 6.10. The Hall–Kier alpha value is -1.14. The van der Waals surface area contributed by atoms with Crippen molar-refractivity contribution < 1.29 is 9.26 Å². The van der Waals surface area contributed by atoms with E-state index < -0.39 is 0 Å². The van der Waals surface area contributed by atoms with Gasteiger partial charge < -0.3 is 19.5 Å². The molecule has 1 aliphatic heterocycles. The minimum atomic E-state index is 0.108. The van der Waals surface area contributed by atoms with Crippen LogP contribution in [0.1, 0.15) is 38.5 Å². The third kappa shape index (κ3) is 3.49. The molecule has 0 radical (unpaired) electrons. The summed E-state index contributed by atoms with van der Waals surface area (Å²) in [6.45, 7) is 4.01. The van der Waals surface area contributed by atoms with Gasteiger partial charge in [0.2, 0.25) is 5.89 Å². The first kappa shape index (κ1) is 13.8. The van der Waals surface area contributed by atoms with E-state index in [0.29, 0.717) is 18.4 Å². The van der Waals surface area contributed by atoms with E-state index in [1.807, 2.05) is 6.92 Å². The van der Waals surface area contributed by atoms with Gasteiger partial charge in [0.1, 0.15) is 0 Å². The van der Waals surface area contributed by atoms with Crippen LogP contribution in [0.3, 0.4) is 0 Å². The molecule has 0 aromatic carbocycles. The number of ether oxygens (including phenoxy) is 1. The van der Waals surface area contributed by atoms with Gasteiger partial charge in [-0.15, -0.1) is 0 Å². The molecule has 2 heterocycles.